The highest BCUT2D eigenvalue weighted by atomic mass is 16.2. The van der Waals surface area contributed by atoms with Gasteiger partial charge in [-0.3, -0.25) is 30.0 Å². The summed E-state index contributed by atoms with van der Waals surface area (Å²) >= 11 is 0. The molecule has 2 aliphatic heterocycles. The van der Waals surface area contributed by atoms with Crippen molar-refractivity contribution in [2.45, 2.75) is 6.17 Å². The van der Waals surface area contributed by atoms with Crippen molar-refractivity contribution in [3.05, 3.63) is 35.9 Å². The predicted octanol–water partition coefficient (Wildman–Crippen LogP) is -0.211. The monoisotopic (exact) mass is 288 g/mol. The molecule has 2 saturated heterocycles. The number of nitrogens with zero attached hydrogens (tertiary/aromatic N) is 2. The Bertz CT molecular complexity index is 594. The molecule has 1 aromatic carbocycles. The fourth-order valence-electron chi connectivity index (χ4n) is 2.46. The van der Waals surface area contributed by atoms with Gasteiger partial charge in [-0.25, -0.2) is 9.59 Å². The standard InChI is InChI=1S/C13H12N4O4/c18-9-6-16(12(20)14-9)11(8-4-2-1-3-5-8)17-7-10(19)15-13(17)21/h1-5,11H,6-7H2,(H,14,18,20)(H,15,19,21). The highest BCUT2D eigenvalue weighted by Gasteiger charge is 2.42. The van der Waals surface area contributed by atoms with Gasteiger partial charge in [0, 0.05) is 0 Å². The lowest BCUT2D eigenvalue weighted by Gasteiger charge is -2.32. The Hall–Kier alpha value is -2.90. The van der Waals surface area contributed by atoms with Gasteiger partial charge in [0.1, 0.15) is 19.3 Å². The van der Waals surface area contributed by atoms with Gasteiger partial charge in [0.25, 0.3) is 0 Å². The number of carbonyl (C=O) groups is 4. The zero-order valence-electron chi connectivity index (χ0n) is 10.9. The van der Waals surface area contributed by atoms with Crippen LogP contribution in [0.4, 0.5) is 9.59 Å². The third kappa shape index (κ3) is 2.31. The molecule has 0 radical (unpaired) electrons. The van der Waals surface area contributed by atoms with Gasteiger partial charge in [0.2, 0.25) is 11.8 Å². The van der Waals surface area contributed by atoms with Gasteiger partial charge in [-0.1, -0.05) is 30.3 Å². The zero-order chi connectivity index (χ0) is 15.0. The maximum atomic E-state index is 11.9. The highest BCUT2D eigenvalue weighted by molar-refractivity contribution is 6.04. The third-order valence-corrected chi connectivity index (χ3v) is 3.33. The lowest BCUT2D eigenvalue weighted by molar-refractivity contribution is -0.118. The third-order valence-electron chi connectivity index (χ3n) is 3.33. The van der Waals surface area contributed by atoms with E-state index in [1.54, 1.807) is 30.3 Å². The highest BCUT2D eigenvalue weighted by Crippen LogP contribution is 2.28. The van der Waals surface area contributed by atoms with Crippen LogP contribution in [0.15, 0.2) is 30.3 Å². The molecule has 2 heterocycles. The van der Waals surface area contributed by atoms with Crippen LogP contribution < -0.4 is 10.6 Å². The van der Waals surface area contributed by atoms with Crippen molar-refractivity contribution in [1.29, 1.82) is 0 Å². The summed E-state index contributed by atoms with van der Waals surface area (Å²) in [6, 6.07) is 7.61. The molecule has 2 N–H and O–H groups in total. The molecule has 0 aromatic heterocycles. The Kier molecular flexibility index (Phi) is 3.05. The molecule has 2 fully saturated rings. The van der Waals surface area contributed by atoms with E-state index in [2.05, 4.69) is 10.6 Å². The molecule has 6 amide bonds. The predicted molar refractivity (Wildman–Crippen MR) is 69.7 cm³/mol. The normalized spacial score (nSPS) is 18.5. The van der Waals surface area contributed by atoms with E-state index in [-0.39, 0.29) is 13.1 Å². The summed E-state index contributed by atoms with van der Waals surface area (Å²) in [4.78, 5) is 49.1. The summed E-state index contributed by atoms with van der Waals surface area (Å²) in [5.41, 5.74) is 0.646. The maximum absolute atomic E-state index is 11.9. The Morgan fingerprint density at radius 2 is 1.29 bits per heavy atom. The molecule has 0 atom stereocenters. The number of nitrogens with one attached hydrogen (secondary N) is 2. The molecular weight excluding hydrogens is 276 g/mol. The number of amides is 6. The lowest BCUT2D eigenvalue weighted by atomic mass is 10.1. The van der Waals surface area contributed by atoms with Gasteiger partial charge in [-0.05, 0) is 5.56 Å². The second-order valence-electron chi connectivity index (χ2n) is 4.75. The fourth-order valence-corrected chi connectivity index (χ4v) is 2.46. The molecule has 108 valence electrons. The van der Waals surface area contributed by atoms with Crippen molar-refractivity contribution >= 4 is 23.9 Å². The number of carbonyl (C=O) groups excluding carboxylic acids is 4. The Balaban J connectivity index is 1.99. The molecule has 3 rings (SSSR count). The topological polar surface area (TPSA) is 98.8 Å². The SMILES string of the molecule is O=C1CN(C(c2ccccc2)N2CC(=O)NC2=O)C(=O)N1. The van der Waals surface area contributed by atoms with E-state index in [0.717, 1.165) is 0 Å². The van der Waals surface area contributed by atoms with Crippen molar-refractivity contribution in [3.63, 3.8) is 0 Å². The van der Waals surface area contributed by atoms with Gasteiger partial charge in [-0.2, -0.15) is 0 Å². The molecule has 0 bridgehead atoms. The molecule has 8 heteroatoms. The van der Waals surface area contributed by atoms with Crippen molar-refractivity contribution in [2.75, 3.05) is 13.1 Å². The first kappa shape index (κ1) is 13.1. The van der Waals surface area contributed by atoms with Crippen LogP contribution in [0.25, 0.3) is 0 Å². The quantitative estimate of drug-likeness (QED) is 0.752. The number of imide groups is 2. The van der Waals surface area contributed by atoms with E-state index in [4.69, 9.17) is 0 Å². The second-order valence-corrected chi connectivity index (χ2v) is 4.75. The second kappa shape index (κ2) is 4.89. The van der Waals surface area contributed by atoms with Crippen LogP contribution >= 0.6 is 0 Å². The summed E-state index contributed by atoms with van der Waals surface area (Å²) in [5, 5.41) is 4.34. The molecular formula is C13H12N4O4. The molecule has 8 nitrogen and oxygen atoms in total. The molecule has 1 aromatic rings. The minimum atomic E-state index is -0.802. The number of hydrogen-bond donors (Lipinski definition) is 2. The van der Waals surface area contributed by atoms with Crippen molar-refractivity contribution in [2.24, 2.45) is 0 Å². The van der Waals surface area contributed by atoms with Crippen LogP contribution in [0.3, 0.4) is 0 Å². The van der Waals surface area contributed by atoms with E-state index in [0.29, 0.717) is 5.56 Å². The van der Waals surface area contributed by atoms with E-state index >= 15 is 0 Å². The Labute approximate surface area is 119 Å². The largest absolute Gasteiger partial charge is 0.326 e. The van der Waals surface area contributed by atoms with Crippen molar-refractivity contribution in [3.8, 4) is 0 Å². The van der Waals surface area contributed by atoms with Crippen molar-refractivity contribution in [1.82, 2.24) is 20.4 Å². The van der Waals surface area contributed by atoms with Crippen molar-refractivity contribution < 1.29 is 19.2 Å². The summed E-state index contributed by atoms with van der Waals surface area (Å²) in [6.45, 7) is -0.313. The summed E-state index contributed by atoms with van der Waals surface area (Å²) in [7, 11) is 0. The first-order valence-corrected chi connectivity index (χ1v) is 6.32. The maximum Gasteiger partial charge on any atom is 0.326 e. The fraction of sp³-hybridized carbons (Fsp3) is 0.231. The minimum absolute atomic E-state index is 0.156. The van der Waals surface area contributed by atoms with E-state index < -0.39 is 30.0 Å². The zero-order valence-corrected chi connectivity index (χ0v) is 10.9. The number of rotatable bonds is 3. The molecule has 21 heavy (non-hydrogen) atoms. The van der Waals surface area contributed by atoms with E-state index in [9.17, 15) is 19.2 Å². The Morgan fingerprint density at radius 3 is 1.67 bits per heavy atom. The minimum Gasteiger partial charge on any atom is -0.290 e. The van der Waals surface area contributed by atoms with Gasteiger partial charge < -0.3 is 0 Å². The average Bonchev–Trinajstić information content (AvgIpc) is 2.94. The van der Waals surface area contributed by atoms with Crippen LogP contribution in [-0.4, -0.2) is 46.8 Å². The molecule has 2 aliphatic rings. The van der Waals surface area contributed by atoms with E-state index in [1.807, 2.05) is 0 Å². The smallest absolute Gasteiger partial charge is 0.290 e. The van der Waals surface area contributed by atoms with Crippen LogP contribution in [0, 0.1) is 0 Å². The number of hydrogen-bond acceptors (Lipinski definition) is 4. The molecule has 0 aliphatic carbocycles. The van der Waals surface area contributed by atoms with Crippen LogP contribution in [0.5, 0.6) is 0 Å². The molecule has 0 spiro atoms. The van der Waals surface area contributed by atoms with Gasteiger partial charge in [-0.15, -0.1) is 0 Å². The number of benzene rings is 1. The molecule has 0 saturated carbocycles. The lowest BCUT2D eigenvalue weighted by Crippen LogP contribution is -2.44. The first-order valence-electron chi connectivity index (χ1n) is 6.32. The summed E-state index contributed by atoms with van der Waals surface area (Å²) in [5.74, 6) is -0.876. The van der Waals surface area contributed by atoms with Gasteiger partial charge in [0.05, 0.1) is 0 Å². The van der Waals surface area contributed by atoms with E-state index in [1.165, 1.54) is 9.80 Å². The number of urea groups is 2. The van der Waals surface area contributed by atoms with Gasteiger partial charge >= 0.3 is 12.1 Å². The van der Waals surface area contributed by atoms with Gasteiger partial charge in [0.15, 0.2) is 0 Å². The first-order chi connectivity index (χ1) is 10.1. The molecule has 0 unspecified atom stereocenters. The summed E-state index contributed by atoms with van der Waals surface area (Å²) in [6.07, 6.45) is -0.802. The average molecular weight is 288 g/mol. The van der Waals surface area contributed by atoms with Crippen LogP contribution in [0.1, 0.15) is 11.7 Å². The Morgan fingerprint density at radius 1 is 0.810 bits per heavy atom. The summed E-state index contributed by atoms with van der Waals surface area (Å²) < 4.78 is 0. The van der Waals surface area contributed by atoms with Crippen LogP contribution in [0.2, 0.25) is 0 Å². The van der Waals surface area contributed by atoms with Crippen LogP contribution in [-0.2, 0) is 9.59 Å².